The molecule has 0 spiro atoms. The number of hydrogen-bond donors (Lipinski definition) is 0. The molecule has 12 aromatic carbocycles. The van der Waals surface area contributed by atoms with Crippen LogP contribution in [0.3, 0.4) is 0 Å². The molecule has 2 aliphatic rings. The maximum absolute atomic E-state index is 6.76. The van der Waals surface area contributed by atoms with Crippen molar-refractivity contribution in [2.75, 3.05) is 9.80 Å². The number of benzene rings is 12. The minimum Gasteiger partial charge on any atom is -0.455 e. The van der Waals surface area contributed by atoms with E-state index in [4.69, 9.17) is 19.4 Å². The summed E-state index contributed by atoms with van der Waals surface area (Å²) in [5.74, 6) is 1.82. The summed E-state index contributed by atoms with van der Waals surface area (Å²) in [4.78, 5) is 20.4. The third kappa shape index (κ3) is 7.43. The Bertz CT molecular complexity index is 5000. The van der Waals surface area contributed by atoms with Crippen LogP contribution in [0.15, 0.2) is 290 Å². The van der Waals surface area contributed by atoms with Gasteiger partial charge in [-0.2, -0.15) is 0 Å². The average Bonchev–Trinajstić information content (AvgIpc) is 2.46. The van der Waals surface area contributed by atoms with Crippen molar-refractivity contribution < 1.29 is 4.42 Å². The van der Waals surface area contributed by atoms with E-state index in [9.17, 15) is 0 Å². The van der Waals surface area contributed by atoms with Crippen molar-refractivity contribution in [3.8, 4) is 62.1 Å². The number of nitrogens with zero attached hydrogens (tertiary/aromatic N) is 6. The Balaban J connectivity index is 0.823. The lowest BCUT2D eigenvalue weighted by atomic mass is 9.33. The van der Waals surface area contributed by atoms with Gasteiger partial charge < -0.3 is 18.8 Å². The number of para-hydroxylation sites is 5. The number of anilines is 6. The van der Waals surface area contributed by atoms with Crippen LogP contribution in [0.25, 0.3) is 106 Å². The van der Waals surface area contributed by atoms with Gasteiger partial charge in [-0.1, -0.05) is 194 Å². The maximum Gasteiger partial charge on any atom is 0.252 e. The van der Waals surface area contributed by atoms with Crippen molar-refractivity contribution in [1.29, 1.82) is 0 Å². The Hall–Kier alpha value is -11.1. The first-order chi connectivity index (χ1) is 41.2. The van der Waals surface area contributed by atoms with Crippen molar-refractivity contribution in [1.82, 2.24) is 19.5 Å². The highest BCUT2D eigenvalue weighted by Crippen LogP contribution is 2.46. The monoisotopic (exact) mass is 1060 g/mol. The molecule has 0 N–H and O–H groups in total. The summed E-state index contributed by atoms with van der Waals surface area (Å²) in [7, 11) is 0. The van der Waals surface area contributed by atoms with E-state index in [0.29, 0.717) is 17.5 Å². The zero-order valence-corrected chi connectivity index (χ0v) is 44.8. The van der Waals surface area contributed by atoms with Crippen LogP contribution < -0.4 is 26.2 Å². The Morgan fingerprint density at radius 1 is 0.313 bits per heavy atom. The van der Waals surface area contributed by atoms with Gasteiger partial charge in [-0.3, -0.25) is 0 Å². The lowest BCUT2D eigenvalue weighted by molar-refractivity contribution is 0.673. The highest BCUT2D eigenvalue weighted by Gasteiger charge is 2.43. The lowest BCUT2D eigenvalue weighted by Gasteiger charge is -2.44. The van der Waals surface area contributed by atoms with Gasteiger partial charge in [0.1, 0.15) is 11.2 Å². The molecule has 0 bridgehead atoms. The Morgan fingerprint density at radius 2 is 0.831 bits per heavy atom. The predicted octanol–water partition coefficient (Wildman–Crippen LogP) is 17.3. The van der Waals surface area contributed by atoms with E-state index in [2.05, 4.69) is 257 Å². The molecule has 0 saturated heterocycles. The van der Waals surface area contributed by atoms with E-state index in [1.54, 1.807) is 0 Å². The quantitative estimate of drug-likeness (QED) is 0.141. The summed E-state index contributed by atoms with van der Waals surface area (Å²) in [6.07, 6.45) is 0. The number of rotatable bonds is 8. The average molecular weight is 1060 g/mol. The van der Waals surface area contributed by atoms with Crippen molar-refractivity contribution in [2.45, 2.75) is 0 Å². The smallest absolute Gasteiger partial charge is 0.252 e. The summed E-state index contributed by atoms with van der Waals surface area (Å²) in [6.45, 7) is 0.0691. The number of furan rings is 1. The SMILES string of the molecule is c1ccc(-c2nc(-c3ccccc3)nc(-c3ccc(-n4c5ccccc5c5c6oc7ccccc7c6ccc54)c(-c4ccc(-c5cccc(N6c7ccccc7B7c8ccccc8N(c8ccccc8)c8cccc6c87)c5)cc4)c3)n2)cc1. The lowest BCUT2D eigenvalue weighted by Crippen LogP contribution is -2.61. The van der Waals surface area contributed by atoms with Crippen LogP contribution in [0, 0.1) is 0 Å². The van der Waals surface area contributed by atoms with Gasteiger partial charge in [-0.05, 0) is 124 Å². The molecule has 0 unspecified atom stereocenters. The van der Waals surface area contributed by atoms with Crippen molar-refractivity contribution in [3.63, 3.8) is 0 Å². The standard InChI is InChI=1S/C75H47BN6O/c1-4-20-50(21-5-1)73-77-74(51-22-6-2-7-23-51)79-75(78-73)53-42-44-63(82-62-32-14-10-29-58(62)70-66(82)45-43-57-56-28-11-17-37-69(56)83-72(57)70)59(47-53)49-40-38-48(39-41-49)52-24-18-27-55(46-52)81-65-34-16-13-31-61(65)76-60-30-12-15-33-64(60)80(54-25-8-3-9-26-54)67-35-19-36-68(81)71(67)76/h1-47H. The second kappa shape index (κ2) is 18.8. The summed E-state index contributed by atoms with van der Waals surface area (Å²) >= 11 is 0. The van der Waals surface area contributed by atoms with E-state index in [0.717, 1.165) is 99.8 Å². The Kier molecular flexibility index (Phi) is 10.6. The van der Waals surface area contributed by atoms with Crippen LogP contribution in [0.2, 0.25) is 0 Å². The molecular weight excluding hydrogens is 1010 g/mol. The molecular formula is C75H47BN6O. The molecule has 15 aromatic rings. The molecule has 0 amide bonds. The molecule has 5 heterocycles. The minimum absolute atomic E-state index is 0.0691. The molecule has 2 aliphatic heterocycles. The topological polar surface area (TPSA) is 63.2 Å². The van der Waals surface area contributed by atoms with Gasteiger partial charge in [-0.25, -0.2) is 15.0 Å². The van der Waals surface area contributed by atoms with E-state index < -0.39 is 0 Å². The fraction of sp³-hybridized carbons (Fsp3) is 0. The number of aromatic nitrogens is 4. The summed E-state index contributed by atoms with van der Waals surface area (Å²) < 4.78 is 9.15. The number of hydrogen-bond acceptors (Lipinski definition) is 6. The van der Waals surface area contributed by atoms with Crippen LogP contribution in [0.4, 0.5) is 34.1 Å². The third-order valence-electron chi connectivity index (χ3n) is 16.8. The highest BCUT2D eigenvalue weighted by atomic mass is 16.3. The first-order valence-electron chi connectivity index (χ1n) is 28.2. The Morgan fingerprint density at radius 3 is 1.53 bits per heavy atom. The maximum atomic E-state index is 6.76. The van der Waals surface area contributed by atoms with Gasteiger partial charge in [0, 0.05) is 72.5 Å². The molecule has 0 fully saturated rings. The zero-order chi connectivity index (χ0) is 54.5. The van der Waals surface area contributed by atoms with Crippen LogP contribution in [0.5, 0.6) is 0 Å². The summed E-state index contributed by atoms with van der Waals surface area (Å²) in [5, 5.41) is 4.41. The van der Waals surface area contributed by atoms with Gasteiger partial charge in [0.25, 0.3) is 6.71 Å². The Labute approximate surface area is 479 Å². The van der Waals surface area contributed by atoms with Gasteiger partial charge in [0.05, 0.1) is 22.1 Å². The minimum atomic E-state index is 0.0691. The molecule has 7 nitrogen and oxygen atoms in total. The van der Waals surface area contributed by atoms with Gasteiger partial charge >= 0.3 is 0 Å². The fourth-order valence-corrected chi connectivity index (χ4v) is 13.2. The van der Waals surface area contributed by atoms with Crippen molar-refractivity contribution in [2.24, 2.45) is 0 Å². The van der Waals surface area contributed by atoms with E-state index in [1.807, 2.05) is 42.5 Å². The molecule has 0 radical (unpaired) electrons. The first kappa shape index (κ1) is 46.8. The first-order valence-corrected chi connectivity index (χ1v) is 28.2. The zero-order valence-electron chi connectivity index (χ0n) is 44.8. The third-order valence-corrected chi connectivity index (χ3v) is 16.8. The molecule has 386 valence electrons. The molecule has 0 atom stereocenters. The van der Waals surface area contributed by atoms with Gasteiger partial charge in [0.2, 0.25) is 0 Å². The second-order valence-electron chi connectivity index (χ2n) is 21.5. The van der Waals surface area contributed by atoms with E-state index >= 15 is 0 Å². The molecule has 0 saturated carbocycles. The van der Waals surface area contributed by atoms with Crippen LogP contribution in [0.1, 0.15) is 0 Å². The van der Waals surface area contributed by atoms with Crippen LogP contribution in [-0.4, -0.2) is 26.2 Å². The molecule has 0 aliphatic carbocycles. The van der Waals surface area contributed by atoms with Crippen LogP contribution >= 0.6 is 0 Å². The van der Waals surface area contributed by atoms with Crippen molar-refractivity contribution in [3.05, 3.63) is 285 Å². The van der Waals surface area contributed by atoms with Gasteiger partial charge in [-0.15, -0.1) is 0 Å². The second-order valence-corrected chi connectivity index (χ2v) is 21.5. The molecule has 83 heavy (non-hydrogen) atoms. The van der Waals surface area contributed by atoms with Crippen molar-refractivity contribution >= 4 is 101 Å². The molecule has 3 aromatic heterocycles. The van der Waals surface area contributed by atoms with Gasteiger partial charge in [0.15, 0.2) is 17.5 Å². The van der Waals surface area contributed by atoms with E-state index in [-0.39, 0.29) is 6.71 Å². The molecule has 17 rings (SSSR count). The number of fused-ring (bicyclic) bond motifs is 11. The summed E-state index contributed by atoms with van der Waals surface area (Å²) in [6, 6.07) is 102. The highest BCUT2D eigenvalue weighted by molar-refractivity contribution is 7.00. The molecule has 8 heteroatoms. The van der Waals surface area contributed by atoms with Crippen LogP contribution in [-0.2, 0) is 0 Å². The largest absolute Gasteiger partial charge is 0.455 e. The van der Waals surface area contributed by atoms with E-state index in [1.165, 1.54) is 39.1 Å². The summed E-state index contributed by atoms with van der Waals surface area (Å²) in [5.41, 5.74) is 22.8. The normalized spacial score (nSPS) is 12.5. The predicted molar refractivity (Wildman–Crippen MR) is 343 cm³/mol. The fourth-order valence-electron chi connectivity index (χ4n) is 13.2.